The Balaban J connectivity index is 2.48. The quantitative estimate of drug-likeness (QED) is 0.623. The molecule has 0 fully saturated rings. The van der Waals surface area contributed by atoms with Gasteiger partial charge in [-0.1, -0.05) is 6.92 Å². The molecule has 0 bridgehead atoms. The molecule has 0 N–H and O–H groups in total. The van der Waals surface area contributed by atoms with Crippen molar-refractivity contribution in [2.45, 2.75) is 25.8 Å². The first-order chi connectivity index (χ1) is 7.18. The summed E-state index contributed by atoms with van der Waals surface area (Å²) in [6.45, 7) is 2.95. The second kappa shape index (κ2) is 2.81. The topological polar surface area (TPSA) is 4.93 Å². The lowest BCUT2D eigenvalue weighted by molar-refractivity contribution is 0.506. The SMILES string of the molecule is CC1CCn2ccc3c(F)c(F)cc1c32. The van der Waals surface area contributed by atoms with Crippen LogP contribution in [0.5, 0.6) is 0 Å². The van der Waals surface area contributed by atoms with Crippen LogP contribution in [0.2, 0.25) is 0 Å². The van der Waals surface area contributed by atoms with E-state index in [0.29, 0.717) is 11.3 Å². The van der Waals surface area contributed by atoms with Crippen molar-refractivity contribution in [2.75, 3.05) is 0 Å². The van der Waals surface area contributed by atoms with Crippen LogP contribution < -0.4 is 0 Å². The van der Waals surface area contributed by atoms with Crippen molar-refractivity contribution in [3.05, 3.63) is 35.5 Å². The minimum Gasteiger partial charge on any atom is -0.347 e. The molecule has 0 amide bonds. The summed E-state index contributed by atoms with van der Waals surface area (Å²) in [7, 11) is 0. The van der Waals surface area contributed by atoms with Gasteiger partial charge in [0.15, 0.2) is 11.6 Å². The molecule has 1 nitrogen and oxygen atoms in total. The Labute approximate surface area is 86.3 Å². The summed E-state index contributed by atoms with van der Waals surface area (Å²) >= 11 is 0. The molecular formula is C12H11F2N. The van der Waals surface area contributed by atoms with Crippen molar-refractivity contribution in [3.63, 3.8) is 0 Å². The fourth-order valence-electron chi connectivity index (χ4n) is 2.42. The van der Waals surface area contributed by atoms with E-state index < -0.39 is 11.6 Å². The molecule has 3 heteroatoms. The zero-order chi connectivity index (χ0) is 10.6. The second-order valence-corrected chi connectivity index (χ2v) is 4.22. The molecule has 0 saturated carbocycles. The Morgan fingerprint density at radius 2 is 2.20 bits per heavy atom. The number of rotatable bonds is 0. The monoisotopic (exact) mass is 207 g/mol. The Kier molecular flexibility index (Phi) is 1.67. The highest BCUT2D eigenvalue weighted by molar-refractivity contribution is 5.85. The van der Waals surface area contributed by atoms with E-state index in [2.05, 4.69) is 6.92 Å². The Morgan fingerprint density at radius 3 is 3.00 bits per heavy atom. The van der Waals surface area contributed by atoms with Gasteiger partial charge in [0, 0.05) is 18.1 Å². The maximum Gasteiger partial charge on any atom is 0.168 e. The fraction of sp³-hybridized carbons (Fsp3) is 0.333. The van der Waals surface area contributed by atoms with Gasteiger partial charge in [-0.15, -0.1) is 0 Å². The van der Waals surface area contributed by atoms with Crippen molar-refractivity contribution in [1.29, 1.82) is 0 Å². The summed E-state index contributed by atoms with van der Waals surface area (Å²) in [5, 5.41) is 0.413. The average Bonchev–Trinajstić information content (AvgIpc) is 2.64. The van der Waals surface area contributed by atoms with Crippen LogP contribution in [-0.2, 0) is 6.54 Å². The molecule has 1 aromatic carbocycles. The normalized spacial score (nSPS) is 19.8. The molecule has 2 heterocycles. The van der Waals surface area contributed by atoms with E-state index in [-0.39, 0.29) is 0 Å². The summed E-state index contributed by atoms with van der Waals surface area (Å²) in [6, 6.07) is 3.01. The van der Waals surface area contributed by atoms with Crippen molar-refractivity contribution in [1.82, 2.24) is 4.57 Å². The molecule has 1 atom stereocenters. The lowest BCUT2D eigenvalue weighted by Gasteiger charge is -2.22. The largest absolute Gasteiger partial charge is 0.347 e. The third-order valence-corrected chi connectivity index (χ3v) is 3.30. The smallest absolute Gasteiger partial charge is 0.168 e. The van der Waals surface area contributed by atoms with Gasteiger partial charge in [-0.05, 0) is 30.0 Å². The van der Waals surface area contributed by atoms with E-state index in [9.17, 15) is 8.78 Å². The van der Waals surface area contributed by atoms with Gasteiger partial charge in [-0.25, -0.2) is 8.78 Å². The zero-order valence-electron chi connectivity index (χ0n) is 8.43. The highest BCUT2D eigenvalue weighted by Crippen LogP contribution is 2.35. The van der Waals surface area contributed by atoms with E-state index in [4.69, 9.17) is 0 Å². The highest BCUT2D eigenvalue weighted by atomic mass is 19.2. The second-order valence-electron chi connectivity index (χ2n) is 4.22. The fourth-order valence-corrected chi connectivity index (χ4v) is 2.42. The summed E-state index contributed by atoms with van der Waals surface area (Å²) in [5.74, 6) is -1.14. The van der Waals surface area contributed by atoms with Crippen LogP contribution in [-0.4, -0.2) is 4.57 Å². The Morgan fingerprint density at radius 1 is 1.40 bits per heavy atom. The van der Waals surface area contributed by atoms with Gasteiger partial charge in [0.05, 0.1) is 5.52 Å². The van der Waals surface area contributed by atoms with E-state index in [1.165, 1.54) is 6.07 Å². The average molecular weight is 207 g/mol. The molecule has 2 aromatic rings. The van der Waals surface area contributed by atoms with Crippen LogP contribution in [0.1, 0.15) is 24.8 Å². The van der Waals surface area contributed by atoms with Gasteiger partial charge >= 0.3 is 0 Å². The summed E-state index contributed by atoms with van der Waals surface area (Å²) < 4.78 is 28.8. The first-order valence-corrected chi connectivity index (χ1v) is 5.15. The van der Waals surface area contributed by atoms with E-state index in [1.54, 1.807) is 6.07 Å². The maximum absolute atomic E-state index is 13.5. The molecule has 1 aliphatic heterocycles. The number of aryl methyl sites for hydroxylation is 1. The number of hydrogen-bond donors (Lipinski definition) is 0. The molecule has 0 radical (unpaired) electrons. The van der Waals surface area contributed by atoms with Gasteiger partial charge in [0.1, 0.15) is 0 Å². The van der Waals surface area contributed by atoms with E-state index >= 15 is 0 Å². The van der Waals surface area contributed by atoms with Crippen molar-refractivity contribution >= 4 is 10.9 Å². The Bertz CT molecular complexity index is 542. The molecule has 1 aromatic heterocycles. The van der Waals surface area contributed by atoms with Gasteiger partial charge < -0.3 is 4.57 Å². The van der Waals surface area contributed by atoms with Crippen LogP contribution in [0.4, 0.5) is 8.78 Å². The molecule has 1 aliphatic rings. The van der Waals surface area contributed by atoms with Crippen molar-refractivity contribution < 1.29 is 8.78 Å². The first kappa shape index (κ1) is 8.89. The number of halogens is 2. The third-order valence-electron chi connectivity index (χ3n) is 3.30. The molecule has 0 spiro atoms. The standard InChI is InChI=1S/C12H11F2N/c1-7-2-4-15-5-3-8-11(14)10(13)6-9(7)12(8)15/h3,5-7H,2,4H2,1H3. The van der Waals surface area contributed by atoms with Gasteiger partial charge in [-0.3, -0.25) is 0 Å². The maximum atomic E-state index is 13.5. The molecular weight excluding hydrogens is 196 g/mol. The van der Waals surface area contributed by atoms with Crippen LogP contribution >= 0.6 is 0 Å². The zero-order valence-corrected chi connectivity index (χ0v) is 8.43. The molecule has 15 heavy (non-hydrogen) atoms. The summed E-state index contributed by atoms with van der Waals surface area (Å²) in [5.41, 5.74) is 1.80. The molecule has 0 saturated heterocycles. The van der Waals surface area contributed by atoms with E-state index in [0.717, 1.165) is 24.0 Å². The Hall–Kier alpha value is -1.38. The number of aromatic nitrogens is 1. The molecule has 78 valence electrons. The van der Waals surface area contributed by atoms with Gasteiger partial charge in [-0.2, -0.15) is 0 Å². The van der Waals surface area contributed by atoms with Crippen molar-refractivity contribution in [3.8, 4) is 0 Å². The summed E-state index contributed by atoms with van der Waals surface area (Å²) in [4.78, 5) is 0. The predicted molar refractivity (Wildman–Crippen MR) is 54.9 cm³/mol. The van der Waals surface area contributed by atoms with Crippen LogP contribution in [0.3, 0.4) is 0 Å². The number of benzene rings is 1. The predicted octanol–water partition coefficient (Wildman–Crippen LogP) is 3.43. The van der Waals surface area contributed by atoms with Gasteiger partial charge in [0.25, 0.3) is 0 Å². The molecule has 1 unspecified atom stereocenters. The minimum absolute atomic E-state index is 0.310. The van der Waals surface area contributed by atoms with E-state index in [1.807, 2.05) is 10.8 Å². The minimum atomic E-state index is -0.732. The first-order valence-electron chi connectivity index (χ1n) is 5.15. The van der Waals surface area contributed by atoms with Crippen LogP contribution in [0, 0.1) is 11.6 Å². The van der Waals surface area contributed by atoms with Crippen LogP contribution in [0.15, 0.2) is 18.3 Å². The molecule has 3 rings (SSSR count). The van der Waals surface area contributed by atoms with Crippen molar-refractivity contribution in [2.24, 2.45) is 0 Å². The highest BCUT2D eigenvalue weighted by Gasteiger charge is 2.22. The third kappa shape index (κ3) is 1.06. The lowest BCUT2D eigenvalue weighted by atomic mass is 9.93. The number of nitrogens with zero attached hydrogens (tertiary/aromatic N) is 1. The summed E-state index contributed by atoms with van der Waals surface area (Å²) in [6.07, 6.45) is 2.82. The molecule has 0 aliphatic carbocycles. The van der Waals surface area contributed by atoms with Gasteiger partial charge in [0.2, 0.25) is 0 Å². The number of hydrogen-bond acceptors (Lipinski definition) is 0. The lowest BCUT2D eigenvalue weighted by Crippen LogP contribution is -2.11. The van der Waals surface area contributed by atoms with Crippen LogP contribution in [0.25, 0.3) is 10.9 Å².